The van der Waals surface area contributed by atoms with E-state index in [1.165, 1.54) is 61.2 Å². The first-order chi connectivity index (χ1) is 14.8. The third kappa shape index (κ3) is 6.86. The summed E-state index contributed by atoms with van der Waals surface area (Å²) in [7, 11) is 0. The van der Waals surface area contributed by atoms with Crippen LogP contribution in [0.25, 0.3) is 0 Å². The zero-order valence-electron chi connectivity index (χ0n) is 16.6. The van der Waals surface area contributed by atoms with Crippen LogP contribution in [0.2, 0.25) is 0 Å². The van der Waals surface area contributed by atoms with E-state index in [0.717, 1.165) is 5.56 Å². The molecule has 1 heterocycles. The van der Waals surface area contributed by atoms with Gasteiger partial charge in [0, 0.05) is 36.5 Å². The van der Waals surface area contributed by atoms with Gasteiger partial charge < -0.3 is 10.6 Å². The fourth-order valence-corrected chi connectivity index (χ4v) is 4.23. The Hall–Kier alpha value is -3.31. The molecule has 160 valence electrons. The molecular weight excluding hydrogens is 441 g/mol. The maximum Gasteiger partial charge on any atom is 0.257 e. The molecule has 3 rings (SSSR count). The Labute approximate surface area is 185 Å². The summed E-state index contributed by atoms with van der Waals surface area (Å²) in [6, 6.07) is 10.7. The third-order valence-corrected chi connectivity index (χ3v) is 5.78. The lowest BCUT2D eigenvalue weighted by Gasteiger charge is -2.10. The second-order valence-electron chi connectivity index (χ2n) is 6.40. The van der Waals surface area contributed by atoms with Crippen LogP contribution in [-0.4, -0.2) is 27.9 Å². The van der Waals surface area contributed by atoms with Gasteiger partial charge in [-0.1, -0.05) is 35.2 Å². The third-order valence-electron chi connectivity index (χ3n) is 3.74. The van der Waals surface area contributed by atoms with Gasteiger partial charge >= 0.3 is 0 Å². The second kappa shape index (κ2) is 10.1. The highest BCUT2D eigenvalue weighted by molar-refractivity contribution is 8.00. The number of nitrogens with zero attached hydrogens (tertiary/aromatic N) is 2. The zero-order valence-corrected chi connectivity index (χ0v) is 18.2. The molecule has 3 aromatic rings. The van der Waals surface area contributed by atoms with Gasteiger partial charge in [0.05, 0.1) is 0 Å². The molecule has 0 radical (unpaired) electrons. The molecule has 0 aliphatic carbocycles. The molecule has 1 aromatic heterocycles. The van der Waals surface area contributed by atoms with Crippen molar-refractivity contribution >= 4 is 57.3 Å². The topological polar surface area (TPSA) is 113 Å². The van der Waals surface area contributed by atoms with Crippen molar-refractivity contribution in [3.05, 3.63) is 59.4 Å². The van der Waals surface area contributed by atoms with Crippen LogP contribution in [-0.2, 0) is 15.3 Å². The van der Waals surface area contributed by atoms with E-state index in [2.05, 4.69) is 26.1 Å². The molecule has 0 bridgehead atoms. The lowest BCUT2D eigenvalue weighted by molar-refractivity contribution is -0.115. The average Bonchev–Trinajstić information content (AvgIpc) is 3.13. The van der Waals surface area contributed by atoms with Crippen LogP contribution in [0.15, 0.2) is 46.8 Å². The van der Waals surface area contributed by atoms with Crippen LogP contribution in [0.1, 0.15) is 29.8 Å². The predicted octanol–water partition coefficient (Wildman–Crippen LogP) is 4.14. The summed E-state index contributed by atoms with van der Waals surface area (Å²) < 4.78 is 13.6. The molecule has 3 N–H and O–H groups in total. The smallest absolute Gasteiger partial charge is 0.257 e. The van der Waals surface area contributed by atoms with Crippen molar-refractivity contribution in [2.24, 2.45) is 0 Å². The number of amides is 3. The van der Waals surface area contributed by atoms with E-state index in [-0.39, 0.29) is 23.2 Å². The summed E-state index contributed by atoms with van der Waals surface area (Å²) in [5, 5.41) is 16.2. The van der Waals surface area contributed by atoms with Crippen LogP contribution in [0, 0.1) is 5.82 Å². The molecule has 0 saturated carbocycles. The normalized spacial score (nSPS) is 10.4. The number of hydrogen-bond donors (Lipinski definition) is 3. The van der Waals surface area contributed by atoms with E-state index >= 15 is 0 Å². The fourth-order valence-electron chi connectivity index (χ4n) is 2.52. The predicted molar refractivity (Wildman–Crippen MR) is 119 cm³/mol. The van der Waals surface area contributed by atoms with E-state index in [1.807, 2.05) is 0 Å². The Morgan fingerprint density at radius 2 is 1.55 bits per heavy atom. The van der Waals surface area contributed by atoms with Crippen molar-refractivity contribution in [1.82, 2.24) is 10.2 Å². The number of halogens is 1. The van der Waals surface area contributed by atoms with Gasteiger partial charge in [-0.2, -0.15) is 0 Å². The lowest BCUT2D eigenvalue weighted by Crippen LogP contribution is -2.15. The highest BCUT2D eigenvalue weighted by Crippen LogP contribution is 2.29. The van der Waals surface area contributed by atoms with Crippen LogP contribution in [0.5, 0.6) is 0 Å². The number of hydrogen-bond acceptors (Lipinski definition) is 7. The van der Waals surface area contributed by atoms with Gasteiger partial charge in [-0.15, -0.1) is 10.2 Å². The Morgan fingerprint density at radius 1 is 0.935 bits per heavy atom. The first kappa shape index (κ1) is 22.4. The van der Waals surface area contributed by atoms with Crippen LogP contribution in [0.3, 0.4) is 0 Å². The van der Waals surface area contributed by atoms with Crippen molar-refractivity contribution in [2.45, 2.75) is 23.9 Å². The van der Waals surface area contributed by atoms with E-state index < -0.39 is 5.91 Å². The van der Waals surface area contributed by atoms with Gasteiger partial charge in [0.25, 0.3) is 5.91 Å². The number of carbonyl (C=O) groups excluding carboxylic acids is 3. The molecule has 0 spiro atoms. The maximum absolute atomic E-state index is 13.0. The number of anilines is 3. The molecule has 0 aliphatic heterocycles. The fraction of sp³-hybridized carbons (Fsp3) is 0.150. The molecule has 2 aromatic carbocycles. The first-order valence-corrected chi connectivity index (χ1v) is 10.8. The molecule has 0 aliphatic rings. The van der Waals surface area contributed by atoms with E-state index in [1.54, 1.807) is 18.2 Å². The van der Waals surface area contributed by atoms with Crippen molar-refractivity contribution < 1.29 is 18.8 Å². The highest BCUT2D eigenvalue weighted by atomic mass is 32.2. The Morgan fingerprint density at radius 3 is 2.13 bits per heavy atom. The molecule has 0 unspecified atom stereocenters. The summed E-state index contributed by atoms with van der Waals surface area (Å²) in [5.74, 6) is -0.790. The monoisotopic (exact) mass is 459 g/mol. The number of rotatable bonds is 7. The Kier molecular flexibility index (Phi) is 7.32. The quantitative estimate of drug-likeness (QED) is 0.362. The second-order valence-corrected chi connectivity index (χ2v) is 8.60. The Balaban J connectivity index is 1.68. The summed E-state index contributed by atoms with van der Waals surface area (Å²) >= 11 is 2.62. The minimum atomic E-state index is -0.468. The van der Waals surface area contributed by atoms with Crippen molar-refractivity contribution in [3.8, 4) is 0 Å². The summed E-state index contributed by atoms with van der Waals surface area (Å²) in [5.41, 5.74) is 1.91. The summed E-state index contributed by atoms with van der Waals surface area (Å²) in [6.07, 6.45) is 0. The SMILES string of the molecule is CC(=O)Nc1cc(NC(C)=O)cc(C(=O)Nc2nnc(SCc3ccc(F)cc3)s2)c1. The number of thioether (sulfide) groups is 1. The number of carbonyl (C=O) groups is 3. The molecule has 8 nitrogen and oxygen atoms in total. The van der Waals surface area contributed by atoms with Gasteiger partial charge in [0.2, 0.25) is 16.9 Å². The minimum absolute atomic E-state index is 0.228. The van der Waals surface area contributed by atoms with E-state index in [9.17, 15) is 18.8 Å². The van der Waals surface area contributed by atoms with E-state index in [0.29, 0.717) is 26.6 Å². The summed E-state index contributed by atoms with van der Waals surface area (Å²) in [6.45, 7) is 2.69. The van der Waals surface area contributed by atoms with Crippen molar-refractivity contribution in [2.75, 3.05) is 16.0 Å². The lowest BCUT2D eigenvalue weighted by atomic mass is 10.1. The number of aromatic nitrogens is 2. The molecule has 0 fully saturated rings. The van der Waals surface area contributed by atoms with Gasteiger partial charge in [-0.25, -0.2) is 4.39 Å². The summed E-state index contributed by atoms with van der Waals surface area (Å²) in [4.78, 5) is 35.4. The van der Waals surface area contributed by atoms with Gasteiger partial charge in [0.1, 0.15) is 5.82 Å². The van der Waals surface area contributed by atoms with E-state index in [4.69, 9.17) is 0 Å². The largest absolute Gasteiger partial charge is 0.326 e. The minimum Gasteiger partial charge on any atom is -0.326 e. The molecule has 11 heteroatoms. The average molecular weight is 460 g/mol. The number of benzene rings is 2. The molecule has 0 atom stereocenters. The van der Waals surface area contributed by atoms with Crippen LogP contribution < -0.4 is 16.0 Å². The first-order valence-electron chi connectivity index (χ1n) is 9.01. The molecule has 31 heavy (non-hydrogen) atoms. The number of nitrogens with one attached hydrogen (secondary N) is 3. The molecule has 0 saturated heterocycles. The molecule has 3 amide bonds. The van der Waals surface area contributed by atoms with Crippen LogP contribution in [0.4, 0.5) is 20.9 Å². The van der Waals surface area contributed by atoms with Crippen molar-refractivity contribution in [3.63, 3.8) is 0 Å². The van der Waals surface area contributed by atoms with Gasteiger partial charge in [0.15, 0.2) is 4.34 Å². The van der Waals surface area contributed by atoms with Gasteiger partial charge in [-0.05, 0) is 35.9 Å². The molecular formula is C20H18FN5O3S2. The van der Waals surface area contributed by atoms with Crippen LogP contribution >= 0.6 is 23.1 Å². The zero-order chi connectivity index (χ0) is 22.4. The van der Waals surface area contributed by atoms with Crippen molar-refractivity contribution in [1.29, 1.82) is 0 Å². The van der Waals surface area contributed by atoms with Gasteiger partial charge in [-0.3, -0.25) is 19.7 Å². The Bertz CT molecular complexity index is 1080. The standard InChI is InChI=1S/C20H18FN5O3S2/c1-11(27)22-16-7-14(8-17(9-16)23-12(2)28)18(29)24-19-25-26-20(31-19)30-10-13-3-5-15(21)6-4-13/h3-9H,10H2,1-2H3,(H,22,27)(H,23,28)(H,24,25,29). The maximum atomic E-state index is 13.0. The highest BCUT2D eigenvalue weighted by Gasteiger charge is 2.14.